The Hall–Kier alpha value is -3.88. The number of aromatic nitrogens is 7. The second-order valence-electron chi connectivity index (χ2n) is 6.72. The lowest BCUT2D eigenvalue weighted by molar-refractivity contribution is -0.116. The van der Waals surface area contributed by atoms with Gasteiger partial charge < -0.3 is 5.32 Å². The Labute approximate surface area is 167 Å². The van der Waals surface area contributed by atoms with Gasteiger partial charge in [0.1, 0.15) is 12.4 Å². The van der Waals surface area contributed by atoms with Gasteiger partial charge in [0.15, 0.2) is 11.6 Å². The normalized spacial score (nSPS) is 10.9. The first kappa shape index (κ1) is 18.5. The third kappa shape index (κ3) is 4.18. The Morgan fingerprint density at radius 1 is 1.07 bits per heavy atom. The number of pyridine rings is 1. The molecular weight excluding hydrogens is 368 g/mol. The molecule has 1 amide bonds. The molecule has 0 saturated carbocycles. The van der Waals surface area contributed by atoms with Crippen molar-refractivity contribution in [2.75, 3.05) is 5.32 Å². The first-order chi connectivity index (χ1) is 14.0. The Morgan fingerprint density at radius 3 is 2.59 bits per heavy atom. The molecule has 146 valence electrons. The van der Waals surface area contributed by atoms with Crippen LogP contribution in [0.15, 0.2) is 48.9 Å². The van der Waals surface area contributed by atoms with Crippen molar-refractivity contribution in [3.05, 3.63) is 66.0 Å². The van der Waals surface area contributed by atoms with E-state index in [1.165, 1.54) is 0 Å². The smallest absolute Gasteiger partial charge is 0.247 e. The van der Waals surface area contributed by atoms with Crippen molar-refractivity contribution < 1.29 is 4.79 Å². The SMILES string of the molecule is Cc1cc(C)nc(-c2cnn(CC(=O)Nc3cc(C)nn3-c3ccccn3)c2)n1. The second kappa shape index (κ2) is 7.63. The second-order valence-corrected chi connectivity index (χ2v) is 6.72. The van der Waals surface area contributed by atoms with Gasteiger partial charge >= 0.3 is 0 Å². The van der Waals surface area contributed by atoms with E-state index in [9.17, 15) is 4.79 Å². The molecule has 0 radical (unpaired) electrons. The largest absolute Gasteiger partial charge is 0.309 e. The van der Waals surface area contributed by atoms with Gasteiger partial charge in [0.25, 0.3) is 0 Å². The van der Waals surface area contributed by atoms with Crippen molar-refractivity contribution in [3.8, 4) is 17.2 Å². The first-order valence-corrected chi connectivity index (χ1v) is 9.11. The van der Waals surface area contributed by atoms with Crippen molar-refractivity contribution in [2.24, 2.45) is 0 Å². The molecule has 29 heavy (non-hydrogen) atoms. The van der Waals surface area contributed by atoms with Crippen LogP contribution in [0.2, 0.25) is 0 Å². The maximum atomic E-state index is 12.6. The van der Waals surface area contributed by atoms with Gasteiger partial charge in [0.05, 0.1) is 17.5 Å². The number of aryl methyl sites for hydroxylation is 3. The molecule has 0 aliphatic carbocycles. The highest BCUT2D eigenvalue weighted by Gasteiger charge is 2.13. The molecule has 0 aliphatic rings. The molecule has 0 saturated heterocycles. The fraction of sp³-hybridized carbons (Fsp3) is 0.200. The summed E-state index contributed by atoms with van der Waals surface area (Å²) in [5.74, 6) is 1.55. The van der Waals surface area contributed by atoms with Crippen LogP contribution in [0.5, 0.6) is 0 Å². The van der Waals surface area contributed by atoms with E-state index in [2.05, 4.69) is 30.5 Å². The maximum Gasteiger partial charge on any atom is 0.247 e. The summed E-state index contributed by atoms with van der Waals surface area (Å²) >= 11 is 0. The molecular formula is C20H20N8O. The van der Waals surface area contributed by atoms with Crippen LogP contribution in [0.4, 0.5) is 5.82 Å². The van der Waals surface area contributed by atoms with E-state index in [1.807, 2.05) is 45.0 Å². The van der Waals surface area contributed by atoms with Gasteiger partial charge in [-0.25, -0.2) is 15.0 Å². The number of carbonyl (C=O) groups is 1. The van der Waals surface area contributed by atoms with Gasteiger partial charge in [0.2, 0.25) is 5.91 Å². The number of anilines is 1. The van der Waals surface area contributed by atoms with Crippen molar-refractivity contribution in [3.63, 3.8) is 0 Å². The molecule has 0 bridgehead atoms. The van der Waals surface area contributed by atoms with Crippen LogP contribution >= 0.6 is 0 Å². The highest BCUT2D eigenvalue weighted by molar-refractivity contribution is 5.90. The molecule has 4 rings (SSSR count). The van der Waals surface area contributed by atoms with E-state index < -0.39 is 0 Å². The number of rotatable bonds is 5. The average Bonchev–Trinajstić information content (AvgIpc) is 3.28. The molecule has 0 spiro atoms. The lowest BCUT2D eigenvalue weighted by atomic mass is 10.3. The van der Waals surface area contributed by atoms with Crippen molar-refractivity contribution >= 4 is 11.7 Å². The fourth-order valence-electron chi connectivity index (χ4n) is 2.99. The van der Waals surface area contributed by atoms with E-state index in [0.29, 0.717) is 17.5 Å². The fourth-order valence-corrected chi connectivity index (χ4v) is 2.99. The monoisotopic (exact) mass is 388 g/mol. The highest BCUT2D eigenvalue weighted by Crippen LogP contribution is 2.17. The summed E-state index contributed by atoms with van der Waals surface area (Å²) in [6.45, 7) is 5.75. The lowest BCUT2D eigenvalue weighted by Gasteiger charge is -2.08. The van der Waals surface area contributed by atoms with Gasteiger partial charge in [0, 0.05) is 29.8 Å². The van der Waals surface area contributed by atoms with Gasteiger partial charge in [-0.05, 0) is 39.0 Å². The Morgan fingerprint density at radius 2 is 1.86 bits per heavy atom. The van der Waals surface area contributed by atoms with E-state index in [0.717, 1.165) is 22.6 Å². The number of amides is 1. The highest BCUT2D eigenvalue weighted by atomic mass is 16.2. The molecule has 4 heterocycles. The van der Waals surface area contributed by atoms with Crippen molar-refractivity contribution in [1.82, 2.24) is 34.5 Å². The van der Waals surface area contributed by atoms with Crippen LogP contribution in [-0.2, 0) is 11.3 Å². The topological polar surface area (TPSA) is 103 Å². The summed E-state index contributed by atoms with van der Waals surface area (Å²) in [4.78, 5) is 25.7. The van der Waals surface area contributed by atoms with Gasteiger partial charge in [-0.2, -0.15) is 14.9 Å². The molecule has 9 nitrogen and oxygen atoms in total. The average molecular weight is 388 g/mol. The molecule has 0 fully saturated rings. The number of nitrogens with one attached hydrogen (secondary N) is 1. The zero-order chi connectivity index (χ0) is 20.4. The van der Waals surface area contributed by atoms with E-state index in [1.54, 1.807) is 34.0 Å². The summed E-state index contributed by atoms with van der Waals surface area (Å²) in [5, 5.41) is 11.5. The number of carbonyl (C=O) groups excluding carboxylic acids is 1. The molecule has 1 N–H and O–H groups in total. The number of hydrogen-bond donors (Lipinski definition) is 1. The van der Waals surface area contributed by atoms with Crippen molar-refractivity contribution in [2.45, 2.75) is 27.3 Å². The summed E-state index contributed by atoms with van der Waals surface area (Å²) in [6.07, 6.45) is 5.09. The zero-order valence-electron chi connectivity index (χ0n) is 16.4. The predicted octanol–water partition coefficient (Wildman–Crippen LogP) is 2.48. The molecule has 0 unspecified atom stereocenters. The van der Waals surface area contributed by atoms with E-state index in [4.69, 9.17) is 0 Å². The summed E-state index contributed by atoms with van der Waals surface area (Å²) < 4.78 is 3.16. The minimum Gasteiger partial charge on any atom is -0.309 e. The summed E-state index contributed by atoms with van der Waals surface area (Å²) in [5.41, 5.74) is 3.31. The third-order valence-electron chi connectivity index (χ3n) is 4.14. The van der Waals surface area contributed by atoms with Gasteiger partial charge in [-0.15, -0.1) is 0 Å². The minimum atomic E-state index is -0.224. The molecule has 4 aromatic rings. The molecule has 0 atom stereocenters. The van der Waals surface area contributed by atoms with E-state index in [-0.39, 0.29) is 12.5 Å². The number of nitrogens with zero attached hydrogens (tertiary/aromatic N) is 7. The molecule has 9 heteroatoms. The van der Waals surface area contributed by atoms with Gasteiger partial charge in [-0.3, -0.25) is 9.48 Å². The zero-order valence-corrected chi connectivity index (χ0v) is 16.4. The maximum absolute atomic E-state index is 12.6. The third-order valence-corrected chi connectivity index (χ3v) is 4.14. The Kier molecular flexibility index (Phi) is 4.86. The Balaban J connectivity index is 1.50. The van der Waals surface area contributed by atoms with Crippen LogP contribution in [0.3, 0.4) is 0 Å². The predicted molar refractivity (Wildman–Crippen MR) is 107 cm³/mol. The lowest BCUT2D eigenvalue weighted by Crippen LogP contribution is -2.21. The van der Waals surface area contributed by atoms with Crippen molar-refractivity contribution in [1.29, 1.82) is 0 Å². The summed E-state index contributed by atoms with van der Waals surface area (Å²) in [6, 6.07) is 9.22. The Bertz CT molecular complexity index is 1140. The number of hydrogen-bond acceptors (Lipinski definition) is 6. The summed E-state index contributed by atoms with van der Waals surface area (Å²) in [7, 11) is 0. The molecule has 0 aliphatic heterocycles. The van der Waals surface area contributed by atoms with Crippen LogP contribution < -0.4 is 5.32 Å². The molecule has 4 aromatic heterocycles. The first-order valence-electron chi connectivity index (χ1n) is 9.11. The van der Waals surface area contributed by atoms with Crippen LogP contribution in [0.1, 0.15) is 17.1 Å². The molecule has 0 aromatic carbocycles. The standard InChI is InChI=1S/C20H20N8O/c1-13-8-14(2)24-20(23-13)16-10-22-27(11-16)12-19(29)25-18-9-15(3)26-28(18)17-6-4-5-7-21-17/h4-11H,12H2,1-3H3,(H,25,29). The minimum absolute atomic E-state index is 0.0528. The van der Waals surface area contributed by atoms with E-state index >= 15 is 0 Å². The van der Waals surface area contributed by atoms with Gasteiger partial charge in [-0.1, -0.05) is 6.07 Å². The quantitative estimate of drug-likeness (QED) is 0.563. The van der Waals surface area contributed by atoms with Crippen LogP contribution in [0, 0.1) is 20.8 Å². The van der Waals surface area contributed by atoms with Crippen LogP contribution in [0.25, 0.3) is 17.2 Å². The van der Waals surface area contributed by atoms with Crippen LogP contribution in [-0.4, -0.2) is 40.4 Å².